The van der Waals surface area contributed by atoms with Gasteiger partial charge < -0.3 is 21.5 Å². The van der Waals surface area contributed by atoms with Crippen molar-refractivity contribution in [2.24, 2.45) is 11.5 Å². The lowest BCUT2D eigenvalue weighted by Gasteiger charge is -2.27. The molecule has 0 spiro atoms. The van der Waals surface area contributed by atoms with Crippen LogP contribution in [0.3, 0.4) is 0 Å². The van der Waals surface area contributed by atoms with Crippen molar-refractivity contribution in [2.75, 3.05) is 6.54 Å². The van der Waals surface area contributed by atoms with Gasteiger partial charge in [-0.3, -0.25) is 19.6 Å². The summed E-state index contributed by atoms with van der Waals surface area (Å²) in [6, 6.07) is 18.0. The number of primary amides is 2. The van der Waals surface area contributed by atoms with E-state index in [1.165, 1.54) is 24.0 Å². The van der Waals surface area contributed by atoms with Gasteiger partial charge in [-0.05, 0) is 85.3 Å². The molecule has 2 aromatic carbocycles. The van der Waals surface area contributed by atoms with E-state index in [1.807, 2.05) is 18.2 Å². The number of hydrogen-bond donors (Lipinski definition) is 3. The number of pyridine rings is 2. The zero-order valence-electron chi connectivity index (χ0n) is 21.3. The molecule has 0 bridgehead atoms. The molecule has 0 saturated heterocycles. The van der Waals surface area contributed by atoms with Gasteiger partial charge in [-0.15, -0.1) is 0 Å². The molecule has 0 aliphatic heterocycles. The molecule has 5 rings (SSSR count). The topological polar surface area (TPSA) is 133 Å². The van der Waals surface area contributed by atoms with Crippen molar-refractivity contribution in [3.05, 3.63) is 119 Å². The molecular weight excluding hydrogens is 497 g/mol. The molecule has 200 valence electrons. The maximum atomic E-state index is 13.3. The van der Waals surface area contributed by atoms with E-state index in [2.05, 4.69) is 21.4 Å². The number of amides is 2. The smallest absolute Gasteiger partial charge is 0.254 e. The summed E-state index contributed by atoms with van der Waals surface area (Å²) in [5.74, 6) is -0.0328. The number of aromatic nitrogens is 2. The minimum Gasteiger partial charge on any atom is -0.456 e. The number of rotatable bonds is 8. The van der Waals surface area contributed by atoms with Crippen LogP contribution < -0.4 is 21.5 Å². The van der Waals surface area contributed by atoms with Gasteiger partial charge in [0.05, 0.1) is 5.56 Å². The normalized spacial score (nSPS) is 13.9. The Morgan fingerprint density at radius 1 is 0.949 bits per heavy atom. The van der Waals surface area contributed by atoms with Crippen LogP contribution in [0.15, 0.2) is 85.5 Å². The Hall–Kier alpha value is -4.63. The molecule has 2 aromatic heterocycles. The fourth-order valence-electron chi connectivity index (χ4n) is 4.44. The molecule has 4 aromatic rings. The lowest BCUT2D eigenvalue weighted by molar-refractivity contribution is 0.0990. The second-order valence-corrected chi connectivity index (χ2v) is 9.11. The van der Waals surface area contributed by atoms with Crippen molar-refractivity contribution < 1.29 is 18.7 Å². The molecule has 39 heavy (non-hydrogen) atoms. The first kappa shape index (κ1) is 27.4. The highest BCUT2D eigenvalue weighted by atomic mass is 19.1. The van der Waals surface area contributed by atoms with E-state index in [9.17, 15) is 14.0 Å². The molecule has 5 N–H and O–H groups in total. The summed E-state index contributed by atoms with van der Waals surface area (Å²) in [5.41, 5.74) is 14.5. The molecule has 0 fully saturated rings. The molecule has 1 atom stereocenters. The SMILES string of the molecule is NC(=O)c1cccnc1.NC(=O)c1cnccc1Oc1cccc2c1CCC(NCCc1cccc(F)c1)C2. The fraction of sp³-hybridized carbons (Fsp3) is 0.200. The Kier molecular flexibility index (Phi) is 9.31. The van der Waals surface area contributed by atoms with E-state index < -0.39 is 11.8 Å². The van der Waals surface area contributed by atoms with Gasteiger partial charge >= 0.3 is 0 Å². The molecule has 1 unspecified atom stereocenters. The van der Waals surface area contributed by atoms with Crippen molar-refractivity contribution >= 4 is 11.8 Å². The highest BCUT2D eigenvalue weighted by Gasteiger charge is 2.22. The van der Waals surface area contributed by atoms with Gasteiger partial charge in [0, 0.05) is 30.8 Å². The van der Waals surface area contributed by atoms with Crippen LogP contribution in [0.4, 0.5) is 4.39 Å². The van der Waals surface area contributed by atoms with Crippen molar-refractivity contribution in [1.82, 2.24) is 15.3 Å². The number of benzene rings is 2. The van der Waals surface area contributed by atoms with Crippen molar-refractivity contribution in [3.8, 4) is 11.5 Å². The third-order valence-corrected chi connectivity index (χ3v) is 6.39. The Morgan fingerprint density at radius 3 is 2.49 bits per heavy atom. The molecule has 2 heterocycles. The largest absolute Gasteiger partial charge is 0.456 e. The van der Waals surface area contributed by atoms with E-state index in [4.69, 9.17) is 16.2 Å². The number of carbonyl (C=O) groups excluding carboxylic acids is 2. The number of nitrogens with zero attached hydrogens (tertiary/aromatic N) is 2. The van der Waals surface area contributed by atoms with Crippen molar-refractivity contribution in [2.45, 2.75) is 31.7 Å². The lowest BCUT2D eigenvalue weighted by Crippen LogP contribution is -2.35. The number of fused-ring (bicyclic) bond motifs is 1. The number of carbonyl (C=O) groups is 2. The fourth-order valence-corrected chi connectivity index (χ4v) is 4.44. The third-order valence-electron chi connectivity index (χ3n) is 6.39. The molecule has 2 amide bonds. The predicted octanol–water partition coefficient (Wildman–Crippen LogP) is 3.98. The van der Waals surface area contributed by atoms with Gasteiger partial charge in [-0.25, -0.2) is 4.39 Å². The van der Waals surface area contributed by atoms with Gasteiger partial charge in [-0.1, -0.05) is 24.3 Å². The van der Waals surface area contributed by atoms with Gasteiger partial charge in [0.2, 0.25) is 5.91 Å². The Labute approximate surface area is 226 Å². The second kappa shape index (κ2) is 13.3. The average molecular weight is 528 g/mol. The minimum absolute atomic E-state index is 0.194. The van der Waals surface area contributed by atoms with Crippen LogP contribution in [0.2, 0.25) is 0 Å². The number of nitrogens with one attached hydrogen (secondary N) is 1. The van der Waals surface area contributed by atoms with Crippen LogP contribution in [0, 0.1) is 5.82 Å². The first-order valence-electron chi connectivity index (χ1n) is 12.6. The van der Waals surface area contributed by atoms with Gasteiger partial charge in [0.15, 0.2) is 0 Å². The standard InChI is InChI=1S/C24H24FN3O2.C6H6N2O/c25-18-5-1-3-16(13-18)9-12-28-19-7-8-20-17(14-19)4-2-6-22(20)30-23-10-11-27-15-21(23)24(26)29;7-6(9)5-2-1-3-8-4-5/h1-6,10-11,13,15,19,28H,7-9,12,14H2,(H2,26,29);1-4H,(H2,7,9). The highest BCUT2D eigenvalue weighted by Crippen LogP contribution is 2.33. The zero-order valence-corrected chi connectivity index (χ0v) is 21.3. The molecular formula is C30H30FN5O3. The second-order valence-electron chi connectivity index (χ2n) is 9.11. The van der Waals surface area contributed by atoms with Crippen molar-refractivity contribution in [3.63, 3.8) is 0 Å². The lowest BCUT2D eigenvalue weighted by atomic mass is 9.87. The van der Waals surface area contributed by atoms with Crippen LogP contribution in [0.25, 0.3) is 0 Å². The average Bonchev–Trinajstić information content (AvgIpc) is 2.94. The highest BCUT2D eigenvalue weighted by molar-refractivity contribution is 5.95. The summed E-state index contributed by atoms with van der Waals surface area (Å²) in [5, 5.41) is 3.59. The van der Waals surface area contributed by atoms with E-state index >= 15 is 0 Å². The first-order chi connectivity index (χ1) is 18.9. The van der Waals surface area contributed by atoms with Crippen LogP contribution >= 0.6 is 0 Å². The minimum atomic E-state index is -0.564. The number of hydrogen-bond acceptors (Lipinski definition) is 6. The summed E-state index contributed by atoms with van der Waals surface area (Å²) in [6.07, 6.45) is 9.57. The monoisotopic (exact) mass is 527 g/mol. The Morgan fingerprint density at radius 2 is 1.77 bits per heavy atom. The van der Waals surface area contributed by atoms with Gasteiger partial charge in [-0.2, -0.15) is 0 Å². The van der Waals surface area contributed by atoms with E-state index in [0.29, 0.717) is 17.4 Å². The maximum absolute atomic E-state index is 13.3. The van der Waals surface area contributed by atoms with Crippen LogP contribution in [-0.4, -0.2) is 34.4 Å². The maximum Gasteiger partial charge on any atom is 0.254 e. The summed E-state index contributed by atoms with van der Waals surface area (Å²) in [7, 11) is 0. The first-order valence-corrected chi connectivity index (χ1v) is 12.6. The Bertz CT molecular complexity index is 1430. The van der Waals surface area contributed by atoms with E-state index in [-0.39, 0.29) is 11.4 Å². The Balaban J connectivity index is 0.000000333. The van der Waals surface area contributed by atoms with Crippen LogP contribution in [0.1, 0.15) is 43.8 Å². The molecule has 0 saturated carbocycles. The van der Waals surface area contributed by atoms with Crippen LogP contribution in [0.5, 0.6) is 11.5 Å². The number of nitrogens with two attached hydrogens (primary N) is 2. The molecule has 9 heteroatoms. The van der Waals surface area contributed by atoms with E-state index in [0.717, 1.165) is 49.1 Å². The summed E-state index contributed by atoms with van der Waals surface area (Å²) < 4.78 is 19.4. The van der Waals surface area contributed by atoms with Gasteiger partial charge in [0.25, 0.3) is 5.91 Å². The molecule has 8 nitrogen and oxygen atoms in total. The molecule has 1 aliphatic carbocycles. The van der Waals surface area contributed by atoms with Gasteiger partial charge in [0.1, 0.15) is 22.9 Å². The quantitative estimate of drug-likeness (QED) is 0.317. The summed E-state index contributed by atoms with van der Waals surface area (Å²) in [4.78, 5) is 29.7. The predicted molar refractivity (Wildman–Crippen MR) is 146 cm³/mol. The zero-order chi connectivity index (χ0) is 27.6. The van der Waals surface area contributed by atoms with Crippen LogP contribution in [-0.2, 0) is 19.3 Å². The number of ether oxygens (including phenoxy) is 1. The van der Waals surface area contributed by atoms with E-state index in [1.54, 1.807) is 42.7 Å². The van der Waals surface area contributed by atoms with Crippen molar-refractivity contribution in [1.29, 1.82) is 0 Å². The number of halogens is 1. The molecule has 0 radical (unpaired) electrons. The third kappa shape index (κ3) is 7.68. The summed E-state index contributed by atoms with van der Waals surface area (Å²) >= 11 is 0. The summed E-state index contributed by atoms with van der Waals surface area (Å²) in [6.45, 7) is 0.804. The molecule has 1 aliphatic rings.